The summed E-state index contributed by atoms with van der Waals surface area (Å²) in [5.41, 5.74) is 0.861. The van der Waals surface area contributed by atoms with Gasteiger partial charge in [0.15, 0.2) is 5.90 Å². The molecule has 5 nitrogen and oxygen atoms in total. The van der Waals surface area contributed by atoms with Crippen molar-refractivity contribution in [2.45, 2.75) is 32.9 Å². The monoisotopic (exact) mass is 237 g/mol. The molecule has 1 aliphatic rings. The average molecular weight is 237 g/mol. The number of furan rings is 1. The zero-order chi connectivity index (χ0) is 12.4. The third-order valence-corrected chi connectivity index (χ3v) is 2.64. The van der Waals surface area contributed by atoms with Crippen molar-refractivity contribution >= 4 is 11.9 Å². The molecule has 0 spiro atoms. The molecule has 1 aromatic rings. The molecule has 0 amide bonds. The van der Waals surface area contributed by atoms with Gasteiger partial charge in [0.2, 0.25) is 6.10 Å². The second-order valence-electron chi connectivity index (χ2n) is 3.82. The largest absolute Gasteiger partial charge is 0.469 e. The van der Waals surface area contributed by atoms with Crippen molar-refractivity contribution in [3.05, 3.63) is 23.7 Å². The summed E-state index contributed by atoms with van der Waals surface area (Å²) in [6.45, 7) is 5.65. The Bertz CT molecular complexity index is 449. The zero-order valence-electron chi connectivity index (χ0n) is 10.1. The van der Waals surface area contributed by atoms with E-state index in [0.717, 1.165) is 11.3 Å². The number of ether oxygens (including phenoxy) is 2. The Morgan fingerprint density at radius 1 is 1.53 bits per heavy atom. The van der Waals surface area contributed by atoms with Crippen LogP contribution in [0.4, 0.5) is 0 Å². The summed E-state index contributed by atoms with van der Waals surface area (Å²) < 4.78 is 15.6. The molecule has 2 rings (SSSR count). The Morgan fingerprint density at radius 2 is 2.29 bits per heavy atom. The topological polar surface area (TPSA) is 61.0 Å². The lowest BCUT2D eigenvalue weighted by Gasteiger charge is -2.15. The van der Waals surface area contributed by atoms with Crippen molar-refractivity contribution in [2.24, 2.45) is 4.99 Å². The van der Waals surface area contributed by atoms with Crippen molar-refractivity contribution in [3.8, 4) is 0 Å². The maximum absolute atomic E-state index is 11.8. The number of aliphatic imine (C=N–C) groups is 1. The predicted molar refractivity (Wildman–Crippen MR) is 60.8 cm³/mol. The molecule has 0 fully saturated rings. The first kappa shape index (κ1) is 11.7. The van der Waals surface area contributed by atoms with Crippen LogP contribution in [-0.4, -0.2) is 24.6 Å². The van der Waals surface area contributed by atoms with E-state index in [0.29, 0.717) is 12.5 Å². The van der Waals surface area contributed by atoms with Gasteiger partial charge in [-0.1, -0.05) is 0 Å². The van der Waals surface area contributed by atoms with E-state index in [9.17, 15) is 4.79 Å². The molecule has 1 aromatic heterocycles. The summed E-state index contributed by atoms with van der Waals surface area (Å²) in [7, 11) is 0. The molecule has 2 heterocycles. The van der Waals surface area contributed by atoms with Crippen LogP contribution in [0.2, 0.25) is 0 Å². The molecule has 2 unspecified atom stereocenters. The maximum atomic E-state index is 11.8. The fourth-order valence-corrected chi connectivity index (χ4v) is 1.88. The molecule has 0 saturated heterocycles. The molecular weight excluding hydrogens is 222 g/mol. The standard InChI is InChI=1S/C12H15NO4/c1-4-15-12(14)11-10(13-8(3)17-11)9-5-6-16-7(9)2/h5-6,10-11H,4H2,1-3H3. The highest BCUT2D eigenvalue weighted by molar-refractivity contribution is 5.85. The van der Waals surface area contributed by atoms with Crippen LogP contribution in [0.3, 0.4) is 0 Å². The van der Waals surface area contributed by atoms with Crippen LogP contribution < -0.4 is 0 Å². The molecule has 17 heavy (non-hydrogen) atoms. The van der Waals surface area contributed by atoms with Gasteiger partial charge >= 0.3 is 5.97 Å². The maximum Gasteiger partial charge on any atom is 0.350 e. The Morgan fingerprint density at radius 3 is 2.88 bits per heavy atom. The molecule has 0 saturated carbocycles. The number of aryl methyl sites for hydroxylation is 1. The fraction of sp³-hybridized carbons (Fsp3) is 0.500. The lowest BCUT2D eigenvalue weighted by Crippen LogP contribution is -2.29. The van der Waals surface area contributed by atoms with Crippen LogP contribution in [0, 0.1) is 6.92 Å². The smallest absolute Gasteiger partial charge is 0.350 e. The number of nitrogens with zero attached hydrogens (tertiary/aromatic N) is 1. The number of rotatable bonds is 3. The number of carbonyl (C=O) groups is 1. The SMILES string of the molecule is CCOC(=O)C1OC(C)=NC1c1ccoc1C. The van der Waals surface area contributed by atoms with Crippen LogP contribution in [0.25, 0.3) is 0 Å². The van der Waals surface area contributed by atoms with E-state index in [4.69, 9.17) is 13.9 Å². The van der Waals surface area contributed by atoms with Crippen LogP contribution in [0.1, 0.15) is 31.2 Å². The summed E-state index contributed by atoms with van der Waals surface area (Å²) in [5, 5.41) is 0. The van der Waals surface area contributed by atoms with Gasteiger partial charge in [-0.2, -0.15) is 0 Å². The highest BCUT2D eigenvalue weighted by atomic mass is 16.6. The van der Waals surface area contributed by atoms with Crippen LogP contribution in [-0.2, 0) is 14.3 Å². The van der Waals surface area contributed by atoms with Crippen LogP contribution >= 0.6 is 0 Å². The number of carbonyl (C=O) groups excluding carboxylic acids is 1. The quantitative estimate of drug-likeness (QED) is 0.754. The summed E-state index contributed by atoms with van der Waals surface area (Å²) in [6.07, 6.45) is 0.877. The fourth-order valence-electron chi connectivity index (χ4n) is 1.88. The van der Waals surface area contributed by atoms with E-state index < -0.39 is 12.1 Å². The van der Waals surface area contributed by atoms with Crippen LogP contribution in [0.15, 0.2) is 21.7 Å². The number of hydrogen-bond acceptors (Lipinski definition) is 5. The van der Waals surface area contributed by atoms with Gasteiger partial charge in [-0.05, 0) is 19.9 Å². The van der Waals surface area contributed by atoms with Gasteiger partial charge in [0.05, 0.1) is 12.9 Å². The first-order valence-electron chi connectivity index (χ1n) is 5.55. The predicted octanol–water partition coefficient (Wildman–Crippen LogP) is 2.01. The molecule has 92 valence electrons. The minimum absolute atomic E-state index is 0.328. The van der Waals surface area contributed by atoms with E-state index in [-0.39, 0.29) is 6.04 Å². The van der Waals surface area contributed by atoms with Crippen molar-refractivity contribution in [2.75, 3.05) is 6.61 Å². The first-order valence-corrected chi connectivity index (χ1v) is 5.55. The van der Waals surface area contributed by atoms with Crippen molar-refractivity contribution in [3.63, 3.8) is 0 Å². The second kappa shape index (κ2) is 4.61. The van der Waals surface area contributed by atoms with Crippen molar-refractivity contribution in [1.29, 1.82) is 0 Å². The van der Waals surface area contributed by atoms with Gasteiger partial charge in [0.1, 0.15) is 11.8 Å². The average Bonchev–Trinajstić information content (AvgIpc) is 2.84. The molecule has 0 bridgehead atoms. The number of hydrogen-bond donors (Lipinski definition) is 0. The second-order valence-corrected chi connectivity index (χ2v) is 3.82. The van der Waals surface area contributed by atoms with Gasteiger partial charge in [-0.25, -0.2) is 9.79 Å². The molecule has 0 aliphatic carbocycles. The highest BCUT2D eigenvalue weighted by Gasteiger charge is 2.39. The third-order valence-electron chi connectivity index (χ3n) is 2.64. The Hall–Kier alpha value is -1.78. The molecule has 0 radical (unpaired) electrons. The van der Waals surface area contributed by atoms with Gasteiger partial charge in [-0.15, -0.1) is 0 Å². The Kier molecular flexibility index (Phi) is 3.17. The van der Waals surface area contributed by atoms with Crippen molar-refractivity contribution < 1.29 is 18.7 Å². The van der Waals surface area contributed by atoms with Crippen LogP contribution in [0.5, 0.6) is 0 Å². The van der Waals surface area contributed by atoms with E-state index in [1.807, 2.05) is 6.92 Å². The summed E-state index contributed by atoms with van der Waals surface area (Å²) >= 11 is 0. The molecule has 5 heteroatoms. The molecule has 0 N–H and O–H groups in total. The molecule has 2 atom stereocenters. The third kappa shape index (κ3) is 2.18. The van der Waals surface area contributed by atoms with E-state index in [2.05, 4.69) is 4.99 Å². The molecule has 1 aliphatic heterocycles. The van der Waals surface area contributed by atoms with Gasteiger partial charge in [0.25, 0.3) is 0 Å². The minimum atomic E-state index is -0.703. The van der Waals surface area contributed by atoms with E-state index >= 15 is 0 Å². The molecule has 0 aromatic carbocycles. The van der Waals surface area contributed by atoms with Gasteiger partial charge < -0.3 is 13.9 Å². The lowest BCUT2D eigenvalue weighted by atomic mass is 10.0. The van der Waals surface area contributed by atoms with Crippen molar-refractivity contribution in [1.82, 2.24) is 0 Å². The van der Waals surface area contributed by atoms with E-state index in [1.54, 1.807) is 26.2 Å². The minimum Gasteiger partial charge on any atom is -0.469 e. The lowest BCUT2D eigenvalue weighted by molar-refractivity contribution is -0.152. The Labute approximate surface area is 99.4 Å². The van der Waals surface area contributed by atoms with Gasteiger partial charge in [-0.3, -0.25) is 0 Å². The first-order chi connectivity index (χ1) is 8.13. The Balaban J connectivity index is 2.24. The molecular formula is C12H15NO4. The van der Waals surface area contributed by atoms with Gasteiger partial charge in [0, 0.05) is 12.5 Å². The summed E-state index contributed by atoms with van der Waals surface area (Å²) in [6, 6.07) is 1.44. The van der Waals surface area contributed by atoms with E-state index in [1.165, 1.54) is 0 Å². The normalized spacial score (nSPS) is 23.1. The zero-order valence-corrected chi connectivity index (χ0v) is 10.1. The number of esters is 1. The highest BCUT2D eigenvalue weighted by Crippen LogP contribution is 2.32. The summed E-state index contributed by atoms with van der Waals surface area (Å²) in [5.74, 6) is 0.846. The summed E-state index contributed by atoms with van der Waals surface area (Å²) in [4.78, 5) is 16.1.